The number of esters is 3. The standard InChI is InChI=1S/C19H25NO6/c1-4-19(2,3)18(23)25-14-7-10-5-11(14)6-13(10)16(21)26-15-12(8-20)9-24-17(15)22/h10-15H,4-7,9H2,1-3H3. The molecule has 7 heteroatoms. The molecule has 7 nitrogen and oxygen atoms in total. The number of nitriles is 1. The topological polar surface area (TPSA) is 103 Å². The van der Waals surface area contributed by atoms with Crippen LogP contribution in [-0.4, -0.2) is 36.7 Å². The molecular formula is C19H25NO6. The number of cyclic esters (lactones) is 1. The van der Waals surface area contributed by atoms with Crippen molar-refractivity contribution in [2.45, 2.75) is 58.7 Å². The molecule has 0 aromatic carbocycles. The molecule has 3 fully saturated rings. The Hall–Kier alpha value is -2.10. The summed E-state index contributed by atoms with van der Waals surface area (Å²) in [5, 5.41) is 9.02. The number of fused-ring (bicyclic) bond motifs is 2. The first kappa shape index (κ1) is 18.7. The monoisotopic (exact) mass is 363 g/mol. The van der Waals surface area contributed by atoms with Crippen LogP contribution in [-0.2, 0) is 28.6 Å². The molecule has 142 valence electrons. The van der Waals surface area contributed by atoms with E-state index in [9.17, 15) is 14.4 Å². The van der Waals surface area contributed by atoms with E-state index in [0.717, 1.165) is 6.42 Å². The predicted octanol–water partition coefficient (Wildman–Crippen LogP) is 1.99. The van der Waals surface area contributed by atoms with Crippen LogP contribution < -0.4 is 0 Å². The average molecular weight is 363 g/mol. The molecule has 6 unspecified atom stereocenters. The van der Waals surface area contributed by atoms with Crippen LogP contribution in [0.15, 0.2) is 0 Å². The second-order valence-electron chi connectivity index (χ2n) is 8.24. The van der Waals surface area contributed by atoms with E-state index in [1.54, 1.807) is 0 Å². The van der Waals surface area contributed by atoms with Gasteiger partial charge in [-0.25, -0.2) is 4.79 Å². The van der Waals surface area contributed by atoms with Crippen LogP contribution in [0.5, 0.6) is 0 Å². The Labute approximate surface area is 153 Å². The minimum absolute atomic E-state index is 0.0325. The first-order valence-corrected chi connectivity index (χ1v) is 9.24. The van der Waals surface area contributed by atoms with Gasteiger partial charge in [-0.1, -0.05) is 6.92 Å². The van der Waals surface area contributed by atoms with Gasteiger partial charge in [0.05, 0.1) is 17.4 Å². The van der Waals surface area contributed by atoms with Crippen LogP contribution in [0.4, 0.5) is 0 Å². The summed E-state index contributed by atoms with van der Waals surface area (Å²) in [6.07, 6.45) is 1.50. The summed E-state index contributed by atoms with van der Waals surface area (Å²) in [7, 11) is 0. The van der Waals surface area contributed by atoms with E-state index in [1.165, 1.54) is 0 Å². The number of ether oxygens (including phenoxy) is 3. The van der Waals surface area contributed by atoms with E-state index in [0.29, 0.717) is 19.3 Å². The molecule has 2 bridgehead atoms. The molecule has 26 heavy (non-hydrogen) atoms. The van der Waals surface area contributed by atoms with Gasteiger partial charge < -0.3 is 14.2 Å². The molecule has 1 heterocycles. The fourth-order valence-corrected chi connectivity index (χ4v) is 4.05. The summed E-state index contributed by atoms with van der Waals surface area (Å²) >= 11 is 0. The van der Waals surface area contributed by atoms with Crippen molar-refractivity contribution in [3.63, 3.8) is 0 Å². The molecule has 0 spiro atoms. The van der Waals surface area contributed by atoms with Gasteiger partial charge in [0.25, 0.3) is 0 Å². The minimum Gasteiger partial charge on any atom is -0.462 e. The highest BCUT2D eigenvalue weighted by atomic mass is 16.6. The van der Waals surface area contributed by atoms with Crippen molar-refractivity contribution in [2.24, 2.45) is 29.1 Å². The summed E-state index contributed by atoms with van der Waals surface area (Å²) in [4.78, 5) is 36.4. The summed E-state index contributed by atoms with van der Waals surface area (Å²) in [5.74, 6) is -2.09. The lowest BCUT2D eigenvalue weighted by atomic mass is 9.86. The van der Waals surface area contributed by atoms with Gasteiger partial charge in [0.1, 0.15) is 18.6 Å². The van der Waals surface area contributed by atoms with Gasteiger partial charge in [-0.05, 0) is 51.4 Å². The van der Waals surface area contributed by atoms with Crippen LogP contribution in [0.3, 0.4) is 0 Å². The zero-order valence-corrected chi connectivity index (χ0v) is 15.4. The van der Waals surface area contributed by atoms with Crippen molar-refractivity contribution in [1.82, 2.24) is 0 Å². The van der Waals surface area contributed by atoms with Crippen molar-refractivity contribution >= 4 is 17.9 Å². The molecule has 0 radical (unpaired) electrons. The van der Waals surface area contributed by atoms with Crippen LogP contribution in [0, 0.1) is 40.4 Å². The third kappa shape index (κ3) is 3.29. The number of hydrogen-bond donors (Lipinski definition) is 0. The van der Waals surface area contributed by atoms with Crippen LogP contribution in [0.2, 0.25) is 0 Å². The van der Waals surface area contributed by atoms with Crippen LogP contribution in [0.25, 0.3) is 0 Å². The molecule has 3 rings (SSSR count). The minimum atomic E-state index is -1.12. The Morgan fingerprint density at radius 2 is 1.96 bits per heavy atom. The van der Waals surface area contributed by atoms with E-state index >= 15 is 0 Å². The lowest BCUT2D eigenvalue weighted by Crippen LogP contribution is -2.37. The first-order valence-electron chi connectivity index (χ1n) is 9.24. The molecule has 1 aliphatic heterocycles. The number of hydrogen-bond acceptors (Lipinski definition) is 7. The summed E-state index contributed by atoms with van der Waals surface area (Å²) in [6.45, 7) is 5.66. The molecule has 2 saturated carbocycles. The average Bonchev–Trinajstić information content (AvgIpc) is 3.29. The zero-order valence-electron chi connectivity index (χ0n) is 15.4. The van der Waals surface area contributed by atoms with Gasteiger partial charge in [-0.3, -0.25) is 9.59 Å². The third-order valence-electron chi connectivity index (χ3n) is 6.20. The van der Waals surface area contributed by atoms with E-state index < -0.39 is 29.4 Å². The van der Waals surface area contributed by atoms with Crippen molar-refractivity contribution < 1.29 is 28.6 Å². The summed E-state index contributed by atoms with van der Waals surface area (Å²) < 4.78 is 15.8. The highest BCUT2D eigenvalue weighted by Crippen LogP contribution is 2.50. The smallest absolute Gasteiger partial charge is 0.349 e. The fourth-order valence-electron chi connectivity index (χ4n) is 4.05. The summed E-state index contributed by atoms with van der Waals surface area (Å²) in [5.41, 5.74) is -0.505. The van der Waals surface area contributed by atoms with Crippen molar-refractivity contribution in [2.75, 3.05) is 6.61 Å². The molecule has 3 aliphatic rings. The van der Waals surface area contributed by atoms with Gasteiger partial charge in [0.2, 0.25) is 6.10 Å². The molecule has 2 aliphatic carbocycles. The Morgan fingerprint density at radius 1 is 1.23 bits per heavy atom. The summed E-state index contributed by atoms with van der Waals surface area (Å²) in [6, 6.07) is 1.94. The van der Waals surface area contributed by atoms with Crippen molar-refractivity contribution in [3.05, 3.63) is 0 Å². The van der Waals surface area contributed by atoms with Gasteiger partial charge in [-0.2, -0.15) is 5.26 Å². The molecule has 1 saturated heterocycles. The number of carbonyl (C=O) groups excluding carboxylic acids is 3. The fraction of sp³-hybridized carbons (Fsp3) is 0.789. The Bertz CT molecular complexity index is 651. The largest absolute Gasteiger partial charge is 0.462 e. The van der Waals surface area contributed by atoms with Crippen molar-refractivity contribution in [3.8, 4) is 6.07 Å². The SMILES string of the molecule is CCC(C)(C)C(=O)OC1CC2CC1CC2C(=O)OC1C(=O)OCC1C#N. The second kappa shape index (κ2) is 6.90. The van der Waals surface area contributed by atoms with Gasteiger partial charge in [-0.15, -0.1) is 0 Å². The number of rotatable bonds is 5. The normalized spacial score (nSPS) is 35.7. The van der Waals surface area contributed by atoms with E-state index in [1.807, 2.05) is 26.8 Å². The first-order chi connectivity index (χ1) is 12.3. The van der Waals surface area contributed by atoms with E-state index in [-0.39, 0.29) is 36.4 Å². The van der Waals surface area contributed by atoms with Gasteiger partial charge in [0.15, 0.2) is 0 Å². The molecule has 0 amide bonds. The second-order valence-corrected chi connectivity index (χ2v) is 8.24. The van der Waals surface area contributed by atoms with Crippen LogP contribution >= 0.6 is 0 Å². The lowest BCUT2D eigenvalue weighted by molar-refractivity contribution is -0.168. The zero-order chi connectivity index (χ0) is 19.1. The molecule has 6 atom stereocenters. The van der Waals surface area contributed by atoms with Crippen LogP contribution in [0.1, 0.15) is 46.5 Å². The maximum Gasteiger partial charge on any atom is 0.349 e. The predicted molar refractivity (Wildman–Crippen MR) is 88.2 cm³/mol. The number of carbonyl (C=O) groups is 3. The molecule has 0 aromatic rings. The van der Waals surface area contributed by atoms with Gasteiger partial charge >= 0.3 is 17.9 Å². The Balaban J connectivity index is 1.55. The van der Waals surface area contributed by atoms with Gasteiger partial charge in [0, 0.05) is 0 Å². The lowest BCUT2D eigenvalue weighted by Gasteiger charge is -2.30. The Kier molecular flexibility index (Phi) is 4.96. The van der Waals surface area contributed by atoms with E-state index in [2.05, 4.69) is 0 Å². The molecule has 0 aromatic heterocycles. The van der Waals surface area contributed by atoms with E-state index in [4.69, 9.17) is 19.5 Å². The maximum absolute atomic E-state index is 12.5. The Morgan fingerprint density at radius 3 is 2.54 bits per heavy atom. The molecular weight excluding hydrogens is 338 g/mol. The highest BCUT2D eigenvalue weighted by molar-refractivity contribution is 5.82. The maximum atomic E-state index is 12.5. The van der Waals surface area contributed by atoms with Crippen molar-refractivity contribution in [1.29, 1.82) is 5.26 Å². The highest BCUT2D eigenvalue weighted by Gasteiger charge is 2.52. The molecule has 0 N–H and O–H groups in total. The third-order valence-corrected chi connectivity index (χ3v) is 6.20. The quantitative estimate of drug-likeness (QED) is 0.543. The number of nitrogens with zero attached hydrogens (tertiary/aromatic N) is 1.